The van der Waals surface area contributed by atoms with Crippen LogP contribution in [0.5, 0.6) is 23.0 Å². The third-order valence-electron chi connectivity index (χ3n) is 3.83. The van der Waals surface area contributed by atoms with Crippen LogP contribution in [0.1, 0.15) is 0 Å². The molecule has 0 aromatic heterocycles. The first-order valence-electron chi connectivity index (χ1n) is 9.01. The van der Waals surface area contributed by atoms with E-state index >= 15 is 0 Å². The third kappa shape index (κ3) is 6.32. The molecule has 0 unspecified atom stereocenters. The van der Waals surface area contributed by atoms with Crippen LogP contribution in [0, 0.1) is 0 Å². The molecule has 4 N–H and O–H groups in total. The van der Waals surface area contributed by atoms with Gasteiger partial charge in [0.15, 0.2) is 0 Å². The van der Waals surface area contributed by atoms with E-state index < -0.39 is 0 Å². The zero-order chi connectivity index (χ0) is 19.6. The maximum atomic E-state index is 5.66. The highest BCUT2D eigenvalue weighted by Crippen LogP contribution is 2.18. The fraction of sp³-hybridized carbons (Fsp3) is 0.182. The van der Waals surface area contributed by atoms with Gasteiger partial charge in [-0.15, -0.1) is 0 Å². The smallest absolute Gasteiger partial charge is 0.122 e. The normalized spacial score (nSPS) is 10.3. The van der Waals surface area contributed by atoms with Gasteiger partial charge >= 0.3 is 0 Å². The van der Waals surface area contributed by atoms with E-state index in [0.29, 0.717) is 37.8 Å². The molecule has 3 aromatic rings. The summed E-state index contributed by atoms with van der Waals surface area (Å²) in [5.41, 5.74) is 12.7. The highest BCUT2D eigenvalue weighted by Gasteiger charge is 1.99. The average molecular weight is 380 g/mol. The summed E-state index contributed by atoms with van der Waals surface area (Å²) in [6.45, 7) is 1.79. The second kappa shape index (κ2) is 9.97. The van der Waals surface area contributed by atoms with Crippen LogP contribution < -0.4 is 30.4 Å². The number of nitrogen functional groups attached to an aromatic ring is 2. The van der Waals surface area contributed by atoms with Crippen LogP contribution in [0.25, 0.3) is 0 Å². The summed E-state index contributed by atoms with van der Waals surface area (Å²) in [6, 6.07) is 22.0. The summed E-state index contributed by atoms with van der Waals surface area (Å²) in [5.74, 6) is 3.04. The van der Waals surface area contributed by atoms with Gasteiger partial charge in [-0.25, -0.2) is 0 Å². The van der Waals surface area contributed by atoms with Crippen LogP contribution >= 0.6 is 0 Å². The lowest BCUT2D eigenvalue weighted by Gasteiger charge is -2.10. The number of hydrogen-bond donors (Lipinski definition) is 2. The van der Waals surface area contributed by atoms with E-state index in [2.05, 4.69) is 0 Å². The maximum absolute atomic E-state index is 5.66. The van der Waals surface area contributed by atoms with Crippen LogP contribution in [0.15, 0.2) is 72.8 Å². The molecule has 146 valence electrons. The highest BCUT2D eigenvalue weighted by molar-refractivity contribution is 5.42. The molecule has 0 atom stereocenters. The predicted molar refractivity (Wildman–Crippen MR) is 110 cm³/mol. The first-order chi connectivity index (χ1) is 13.7. The zero-order valence-electron chi connectivity index (χ0n) is 15.5. The molecular formula is C22H24N2O4. The number of ether oxygens (including phenoxy) is 4. The lowest BCUT2D eigenvalue weighted by Crippen LogP contribution is -2.10. The minimum Gasteiger partial charge on any atom is -0.490 e. The molecule has 6 nitrogen and oxygen atoms in total. The van der Waals surface area contributed by atoms with Crippen molar-refractivity contribution in [1.82, 2.24) is 0 Å². The summed E-state index contributed by atoms with van der Waals surface area (Å²) in [6.07, 6.45) is 0. The van der Waals surface area contributed by atoms with Gasteiger partial charge < -0.3 is 30.4 Å². The van der Waals surface area contributed by atoms with Crippen molar-refractivity contribution in [3.05, 3.63) is 72.8 Å². The Hall–Kier alpha value is -3.54. The number of anilines is 2. The lowest BCUT2D eigenvalue weighted by molar-refractivity contribution is 0.213. The van der Waals surface area contributed by atoms with E-state index in [4.69, 9.17) is 30.4 Å². The molecule has 3 aromatic carbocycles. The van der Waals surface area contributed by atoms with Crippen LogP contribution in [0.3, 0.4) is 0 Å². The second-order valence-corrected chi connectivity index (χ2v) is 6.00. The Labute approximate surface area is 164 Å². The molecule has 3 rings (SSSR count). The van der Waals surface area contributed by atoms with Crippen molar-refractivity contribution in [2.75, 3.05) is 37.9 Å². The molecule has 0 aliphatic carbocycles. The molecule has 0 saturated carbocycles. The molecule has 6 heteroatoms. The van der Waals surface area contributed by atoms with Gasteiger partial charge in [0.2, 0.25) is 0 Å². The summed E-state index contributed by atoms with van der Waals surface area (Å²) in [7, 11) is 0. The largest absolute Gasteiger partial charge is 0.490 e. The van der Waals surface area contributed by atoms with Crippen molar-refractivity contribution in [2.24, 2.45) is 0 Å². The number of hydrogen-bond acceptors (Lipinski definition) is 6. The number of nitrogens with two attached hydrogens (primary N) is 2. The Morgan fingerprint density at radius 2 is 0.607 bits per heavy atom. The summed E-state index contributed by atoms with van der Waals surface area (Å²) < 4.78 is 22.5. The molecule has 0 radical (unpaired) electrons. The van der Waals surface area contributed by atoms with Gasteiger partial charge in [0.05, 0.1) is 0 Å². The van der Waals surface area contributed by atoms with Crippen LogP contribution in [-0.2, 0) is 0 Å². The fourth-order valence-electron chi connectivity index (χ4n) is 2.40. The highest BCUT2D eigenvalue weighted by atomic mass is 16.5. The van der Waals surface area contributed by atoms with Crippen molar-refractivity contribution in [2.45, 2.75) is 0 Å². The zero-order valence-corrected chi connectivity index (χ0v) is 15.5. The predicted octanol–water partition coefficient (Wildman–Crippen LogP) is 3.77. The monoisotopic (exact) mass is 380 g/mol. The molecule has 0 bridgehead atoms. The van der Waals surface area contributed by atoms with Crippen molar-refractivity contribution in [1.29, 1.82) is 0 Å². The van der Waals surface area contributed by atoms with E-state index in [1.54, 1.807) is 24.3 Å². The van der Waals surface area contributed by atoms with Crippen LogP contribution in [0.2, 0.25) is 0 Å². The molecule has 0 saturated heterocycles. The lowest BCUT2D eigenvalue weighted by atomic mass is 10.3. The molecule has 0 spiro atoms. The molecular weight excluding hydrogens is 356 g/mol. The van der Waals surface area contributed by atoms with Crippen molar-refractivity contribution in [3.8, 4) is 23.0 Å². The van der Waals surface area contributed by atoms with Gasteiger partial charge in [-0.3, -0.25) is 0 Å². The molecule has 0 aliphatic heterocycles. The van der Waals surface area contributed by atoms with Gasteiger partial charge in [0.1, 0.15) is 49.4 Å². The van der Waals surface area contributed by atoms with Crippen LogP contribution in [0.4, 0.5) is 11.4 Å². The molecule has 0 fully saturated rings. The standard InChI is InChI=1S/C22H24N2O4/c23-17-1-5-19(6-2-17)25-13-15-27-21-9-11-22(12-10-21)28-16-14-26-20-7-3-18(24)4-8-20/h1-12H,13-16,23-24H2. The maximum Gasteiger partial charge on any atom is 0.122 e. The van der Waals surface area contributed by atoms with E-state index in [1.807, 2.05) is 48.5 Å². The molecule has 0 aliphatic rings. The van der Waals surface area contributed by atoms with E-state index in [-0.39, 0.29) is 0 Å². The van der Waals surface area contributed by atoms with Crippen molar-refractivity contribution < 1.29 is 18.9 Å². The second-order valence-electron chi connectivity index (χ2n) is 6.00. The Morgan fingerprint density at radius 1 is 0.393 bits per heavy atom. The molecule has 28 heavy (non-hydrogen) atoms. The summed E-state index contributed by atoms with van der Waals surface area (Å²) in [5, 5.41) is 0. The van der Waals surface area contributed by atoms with Gasteiger partial charge in [-0.05, 0) is 72.8 Å². The Morgan fingerprint density at radius 3 is 0.857 bits per heavy atom. The topological polar surface area (TPSA) is 89.0 Å². The Balaban J connectivity index is 1.31. The van der Waals surface area contributed by atoms with E-state index in [1.165, 1.54) is 0 Å². The van der Waals surface area contributed by atoms with Gasteiger partial charge in [-0.1, -0.05) is 0 Å². The van der Waals surface area contributed by atoms with Gasteiger partial charge in [-0.2, -0.15) is 0 Å². The first kappa shape index (κ1) is 19.2. The number of rotatable bonds is 10. The SMILES string of the molecule is Nc1ccc(OCCOc2ccc(OCCOc3ccc(N)cc3)cc2)cc1. The molecule has 0 heterocycles. The average Bonchev–Trinajstić information content (AvgIpc) is 2.72. The van der Waals surface area contributed by atoms with E-state index in [9.17, 15) is 0 Å². The number of benzene rings is 3. The quantitative estimate of drug-likeness (QED) is 0.411. The Bertz CT molecular complexity index is 761. The van der Waals surface area contributed by atoms with Crippen LogP contribution in [-0.4, -0.2) is 26.4 Å². The van der Waals surface area contributed by atoms with Gasteiger partial charge in [0.25, 0.3) is 0 Å². The van der Waals surface area contributed by atoms with E-state index in [0.717, 1.165) is 23.0 Å². The molecule has 0 amide bonds. The summed E-state index contributed by atoms with van der Waals surface area (Å²) >= 11 is 0. The van der Waals surface area contributed by atoms with Crippen molar-refractivity contribution in [3.63, 3.8) is 0 Å². The Kier molecular flexibility index (Phi) is 6.84. The minimum absolute atomic E-state index is 0.444. The van der Waals surface area contributed by atoms with Crippen molar-refractivity contribution >= 4 is 11.4 Å². The summed E-state index contributed by atoms with van der Waals surface area (Å²) in [4.78, 5) is 0. The fourth-order valence-corrected chi connectivity index (χ4v) is 2.40. The third-order valence-corrected chi connectivity index (χ3v) is 3.83. The first-order valence-corrected chi connectivity index (χ1v) is 9.01. The van der Waals surface area contributed by atoms with Gasteiger partial charge in [0, 0.05) is 11.4 Å². The minimum atomic E-state index is 0.444.